The molecule has 0 saturated carbocycles. The molecule has 1 unspecified atom stereocenters. The number of nitrogens with zero attached hydrogens (tertiary/aromatic N) is 6. The van der Waals surface area contributed by atoms with E-state index in [-0.39, 0.29) is 41.7 Å². The van der Waals surface area contributed by atoms with Gasteiger partial charge in [0, 0.05) is 108 Å². The molecule has 3 aromatic carbocycles. The number of aromatic nitrogens is 2. The van der Waals surface area contributed by atoms with E-state index >= 15 is 0 Å². The van der Waals surface area contributed by atoms with Crippen LogP contribution in [0.1, 0.15) is 66.4 Å². The smallest absolute Gasteiger partial charge is 0.362 e. The van der Waals surface area contributed by atoms with E-state index in [1.165, 1.54) is 25.3 Å². The van der Waals surface area contributed by atoms with Crippen molar-refractivity contribution in [3.8, 4) is 17.6 Å². The first-order chi connectivity index (χ1) is 32.0. The molecular weight excluding hydrogens is 885 g/mol. The number of imide groups is 1. The molecule has 4 aliphatic rings. The molecule has 0 aliphatic carbocycles. The molecule has 346 valence electrons. The SMILES string of the molecule is COc1cc(N2CCC(N3CCN(C(=O)CCCC#Cc4cccc5c4CN(C4CCC(=O)NC4=O)C5=O)CC3)CC2)ccc1Nc1ncc(Cl)c(Nc2ccccc2P(=O)(OC)OC)n1. The first-order valence-corrected chi connectivity index (χ1v) is 24.0. The summed E-state index contributed by atoms with van der Waals surface area (Å²) in [4.78, 5) is 67.8. The van der Waals surface area contributed by atoms with Crippen LogP contribution in [0.5, 0.6) is 5.75 Å². The van der Waals surface area contributed by atoms with Crippen LogP contribution in [-0.4, -0.2) is 121 Å². The van der Waals surface area contributed by atoms with Gasteiger partial charge in [0.05, 0.1) is 30.0 Å². The molecule has 17 nitrogen and oxygen atoms in total. The van der Waals surface area contributed by atoms with Gasteiger partial charge in [-0.05, 0) is 67.6 Å². The lowest BCUT2D eigenvalue weighted by molar-refractivity contribution is -0.137. The molecule has 4 amide bonds. The van der Waals surface area contributed by atoms with Gasteiger partial charge in [-0.3, -0.25) is 34.0 Å². The second kappa shape index (κ2) is 20.7. The number of anilines is 5. The van der Waals surface area contributed by atoms with Crippen LogP contribution in [0.25, 0.3) is 0 Å². The average Bonchev–Trinajstić information content (AvgIpc) is 3.68. The molecule has 19 heteroatoms. The van der Waals surface area contributed by atoms with Crippen molar-refractivity contribution in [3.63, 3.8) is 0 Å². The van der Waals surface area contributed by atoms with Crippen molar-refractivity contribution in [3.05, 3.63) is 88.6 Å². The minimum absolute atomic E-state index is 0.146. The van der Waals surface area contributed by atoms with Gasteiger partial charge >= 0.3 is 7.60 Å². The number of nitrogens with one attached hydrogen (secondary N) is 3. The van der Waals surface area contributed by atoms with E-state index in [0.29, 0.717) is 78.6 Å². The molecule has 3 N–H and O–H groups in total. The zero-order chi connectivity index (χ0) is 46.4. The fourth-order valence-electron chi connectivity index (χ4n) is 9.00. The Hall–Kier alpha value is -6.02. The van der Waals surface area contributed by atoms with Crippen LogP contribution in [0.2, 0.25) is 5.02 Å². The van der Waals surface area contributed by atoms with Gasteiger partial charge in [-0.15, -0.1) is 0 Å². The Balaban J connectivity index is 0.782. The van der Waals surface area contributed by atoms with Gasteiger partial charge in [0.2, 0.25) is 23.7 Å². The molecule has 5 heterocycles. The number of methoxy groups -OCH3 is 1. The van der Waals surface area contributed by atoms with E-state index in [1.807, 2.05) is 29.2 Å². The summed E-state index contributed by atoms with van der Waals surface area (Å²) in [6.07, 6.45) is 5.61. The minimum atomic E-state index is -3.57. The second-order valence-corrected chi connectivity index (χ2v) is 19.0. The van der Waals surface area contributed by atoms with Gasteiger partial charge in [-0.2, -0.15) is 4.98 Å². The maximum Gasteiger partial charge on any atom is 0.362 e. The van der Waals surface area contributed by atoms with E-state index in [9.17, 15) is 23.7 Å². The summed E-state index contributed by atoms with van der Waals surface area (Å²) in [6, 6.07) is 18.1. The number of carbonyl (C=O) groups excluding carboxylic acids is 4. The number of halogens is 1. The molecule has 3 fully saturated rings. The third kappa shape index (κ3) is 10.2. The van der Waals surface area contributed by atoms with Gasteiger partial charge in [-0.25, -0.2) is 4.98 Å². The average molecular weight is 938 g/mol. The molecular formula is C47H53ClN9O8P. The number of piperazine rings is 1. The van der Waals surface area contributed by atoms with Crippen LogP contribution < -0.4 is 30.9 Å². The summed E-state index contributed by atoms with van der Waals surface area (Å²) >= 11 is 6.49. The van der Waals surface area contributed by atoms with E-state index in [4.69, 9.17) is 25.4 Å². The highest BCUT2D eigenvalue weighted by Crippen LogP contribution is 2.47. The maximum absolute atomic E-state index is 13.2. The molecule has 1 aromatic heterocycles. The summed E-state index contributed by atoms with van der Waals surface area (Å²) in [5.74, 6) is 6.76. The predicted molar refractivity (Wildman–Crippen MR) is 251 cm³/mol. The molecule has 8 rings (SSSR count). The van der Waals surface area contributed by atoms with Crippen molar-refractivity contribution in [2.75, 3.05) is 76.1 Å². The predicted octanol–water partition coefficient (Wildman–Crippen LogP) is 5.83. The Morgan fingerprint density at radius 1 is 0.924 bits per heavy atom. The number of ether oxygens (including phenoxy) is 1. The zero-order valence-electron chi connectivity index (χ0n) is 37.2. The summed E-state index contributed by atoms with van der Waals surface area (Å²) in [5.41, 5.74) is 4.26. The summed E-state index contributed by atoms with van der Waals surface area (Å²) in [5, 5.41) is 9.32. The Kier molecular flexibility index (Phi) is 14.6. The van der Waals surface area contributed by atoms with Crippen LogP contribution >= 0.6 is 19.2 Å². The number of amides is 4. The first-order valence-electron chi connectivity index (χ1n) is 22.1. The number of hydrogen-bond acceptors (Lipinski definition) is 14. The van der Waals surface area contributed by atoms with E-state index in [2.05, 4.69) is 47.6 Å². The quantitative estimate of drug-likeness (QED) is 0.0593. The minimum Gasteiger partial charge on any atom is -0.494 e. The molecule has 0 bridgehead atoms. The number of piperidine rings is 2. The van der Waals surface area contributed by atoms with Crippen LogP contribution in [0.15, 0.2) is 66.9 Å². The van der Waals surface area contributed by atoms with Gasteiger partial charge in [0.1, 0.15) is 16.8 Å². The lowest BCUT2D eigenvalue weighted by Crippen LogP contribution is -2.54. The molecule has 66 heavy (non-hydrogen) atoms. The third-order valence-corrected chi connectivity index (χ3v) is 14.8. The maximum atomic E-state index is 13.2. The molecule has 1 atom stereocenters. The standard InChI is InChI=1S/C47H53ClN9O8P/c1-63-40-28-33(16-17-37(40)51-47-49-29-36(48)44(53-47)50-38-13-7-8-14-41(38)66(62,64-2)65-3)54-22-20-32(21-23-54)55-24-26-56(27-25-55)43(59)15-6-4-5-10-31-11-9-12-34-35(31)30-57(46(34)61)39-18-19-42(58)52-45(39)60/h7-9,11-14,16-17,28-29,32,39H,4,6,15,18-27,30H2,1-3H3,(H,52,58,60)(H2,49,50,51,53). The van der Waals surface area contributed by atoms with Crippen LogP contribution in [0, 0.1) is 11.8 Å². The molecule has 4 aromatic rings. The number of unbranched alkanes of at least 4 members (excludes halogenated alkanes) is 1. The number of benzene rings is 3. The fraction of sp³-hybridized carbons (Fsp3) is 0.404. The van der Waals surface area contributed by atoms with Crippen LogP contribution in [-0.2, 0) is 34.5 Å². The van der Waals surface area contributed by atoms with Gasteiger partial charge < -0.3 is 39.1 Å². The summed E-state index contributed by atoms with van der Waals surface area (Å²) < 4.78 is 29.4. The number of para-hydroxylation sites is 1. The van der Waals surface area contributed by atoms with Crippen molar-refractivity contribution in [1.82, 2.24) is 30.0 Å². The largest absolute Gasteiger partial charge is 0.494 e. The summed E-state index contributed by atoms with van der Waals surface area (Å²) in [6.45, 7) is 5.14. The van der Waals surface area contributed by atoms with Crippen molar-refractivity contribution >= 4 is 77.0 Å². The molecule has 4 aliphatic heterocycles. The Morgan fingerprint density at radius 3 is 2.44 bits per heavy atom. The Morgan fingerprint density at radius 2 is 1.70 bits per heavy atom. The van der Waals surface area contributed by atoms with Crippen molar-refractivity contribution < 1.29 is 37.5 Å². The fourth-order valence-corrected chi connectivity index (χ4v) is 10.4. The highest BCUT2D eigenvalue weighted by atomic mass is 35.5. The topological polar surface area (TPSA) is 188 Å². The van der Waals surface area contributed by atoms with Gasteiger partial charge in [0.15, 0.2) is 5.82 Å². The number of carbonyl (C=O) groups is 4. The number of hydrogen-bond donors (Lipinski definition) is 3. The highest BCUT2D eigenvalue weighted by molar-refractivity contribution is 7.62. The Bertz CT molecular complexity index is 2600. The lowest BCUT2D eigenvalue weighted by atomic mass is 10.0. The number of rotatable bonds is 14. The van der Waals surface area contributed by atoms with Gasteiger partial charge in [-0.1, -0.05) is 41.6 Å². The second-order valence-electron chi connectivity index (χ2n) is 16.4. The van der Waals surface area contributed by atoms with Crippen LogP contribution in [0.4, 0.5) is 28.8 Å². The van der Waals surface area contributed by atoms with Crippen molar-refractivity contribution in [1.29, 1.82) is 0 Å². The molecule has 0 spiro atoms. The molecule has 3 saturated heterocycles. The van der Waals surface area contributed by atoms with E-state index in [1.54, 1.807) is 43.5 Å². The monoisotopic (exact) mass is 937 g/mol. The summed E-state index contributed by atoms with van der Waals surface area (Å²) in [7, 11) is 0.701. The zero-order valence-corrected chi connectivity index (χ0v) is 38.8. The van der Waals surface area contributed by atoms with Crippen molar-refractivity contribution in [2.45, 2.75) is 63.6 Å². The van der Waals surface area contributed by atoms with E-state index < -0.39 is 19.5 Å². The molecule has 0 radical (unpaired) electrons. The lowest BCUT2D eigenvalue weighted by Gasteiger charge is -2.43. The van der Waals surface area contributed by atoms with Gasteiger partial charge in [0.25, 0.3) is 5.91 Å². The van der Waals surface area contributed by atoms with E-state index in [0.717, 1.165) is 55.8 Å². The Labute approximate surface area is 389 Å². The third-order valence-electron chi connectivity index (χ3n) is 12.6. The first kappa shape index (κ1) is 46.5. The van der Waals surface area contributed by atoms with Crippen LogP contribution in [0.3, 0.4) is 0 Å². The van der Waals surface area contributed by atoms with Crippen molar-refractivity contribution in [2.24, 2.45) is 0 Å². The number of fused-ring (bicyclic) bond motifs is 1. The highest BCUT2D eigenvalue weighted by Gasteiger charge is 2.40. The normalized spacial score (nSPS) is 18.1.